The Morgan fingerprint density at radius 1 is 1.10 bits per heavy atom. The molecule has 0 radical (unpaired) electrons. The normalized spacial score (nSPS) is 9.20. The number of rotatable bonds is 3. The highest BCUT2D eigenvalue weighted by Crippen LogP contribution is 2.20. The highest BCUT2D eigenvalue weighted by atomic mass is 16.5. The number of ether oxygens (including phenoxy) is 1. The van der Waals surface area contributed by atoms with E-state index in [0.29, 0.717) is 24.5 Å². The molecule has 3 nitrogen and oxygen atoms in total. The third-order valence-electron chi connectivity index (χ3n) is 2.67. The van der Waals surface area contributed by atoms with Crippen molar-refractivity contribution < 1.29 is 4.74 Å². The van der Waals surface area contributed by atoms with Crippen LogP contribution in [0.3, 0.4) is 0 Å². The standard InChI is InChI=1S/C17H14N2O/c18-10-4-7-14-8-9-16(12-19)17(11-14)20-13-15-5-2-1-3-6-15/h1-3,5-6,8-9,11H,10,13,18H2. The van der Waals surface area contributed by atoms with Gasteiger partial charge in [0.05, 0.1) is 12.1 Å². The predicted octanol–water partition coefficient (Wildman–Crippen LogP) is 2.45. The maximum atomic E-state index is 9.10. The molecule has 2 aromatic carbocycles. The fourth-order valence-corrected chi connectivity index (χ4v) is 1.70. The molecular formula is C17H14N2O. The molecule has 0 saturated carbocycles. The second kappa shape index (κ2) is 6.99. The first-order valence-corrected chi connectivity index (χ1v) is 6.23. The van der Waals surface area contributed by atoms with Gasteiger partial charge in [-0.3, -0.25) is 0 Å². The van der Waals surface area contributed by atoms with Crippen LogP contribution in [0.2, 0.25) is 0 Å². The van der Waals surface area contributed by atoms with Gasteiger partial charge >= 0.3 is 0 Å². The third-order valence-corrected chi connectivity index (χ3v) is 2.67. The number of hydrogen-bond acceptors (Lipinski definition) is 3. The molecular weight excluding hydrogens is 248 g/mol. The monoisotopic (exact) mass is 262 g/mol. The van der Waals surface area contributed by atoms with Gasteiger partial charge in [0, 0.05) is 5.56 Å². The van der Waals surface area contributed by atoms with Gasteiger partial charge in [-0.25, -0.2) is 0 Å². The van der Waals surface area contributed by atoms with Gasteiger partial charge in [-0.15, -0.1) is 0 Å². The molecule has 3 heteroatoms. The molecule has 0 aliphatic rings. The van der Waals surface area contributed by atoms with Crippen LogP contribution >= 0.6 is 0 Å². The summed E-state index contributed by atoms with van der Waals surface area (Å²) in [6.07, 6.45) is 0. The SMILES string of the molecule is N#Cc1ccc(C#CCN)cc1OCc1ccccc1. The molecule has 0 unspecified atom stereocenters. The van der Waals surface area contributed by atoms with Gasteiger partial charge in [0.2, 0.25) is 0 Å². The van der Waals surface area contributed by atoms with Crippen LogP contribution in [-0.4, -0.2) is 6.54 Å². The minimum atomic E-state index is 0.306. The summed E-state index contributed by atoms with van der Waals surface area (Å²) in [5.41, 5.74) is 7.69. The second-order valence-corrected chi connectivity index (χ2v) is 4.10. The summed E-state index contributed by atoms with van der Waals surface area (Å²) < 4.78 is 5.71. The third kappa shape index (κ3) is 3.62. The van der Waals surface area contributed by atoms with E-state index in [-0.39, 0.29) is 0 Å². The van der Waals surface area contributed by atoms with Gasteiger partial charge in [0.25, 0.3) is 0 Å². The van der Waals surface area contributed by atoms with Gasteiger partial charge in [-0.05, 0) is 23.8 Å². The van der Waals surface area contributed by atoms with Crippen molar-refractivity contribution in [3.8, 4) is 23.7 Å². The minimum absolute atomic E-state index is 0.306. The molecule has 0 saturated heterocycles. The Hall–Kier alpha value is -2.75. The van der Waals surface area contributed by atoms with E-state index >= 15 is 0 Å². The number of benzene rings is 2. The van der Waals surface area contributed by atoms with Crippen molar-refractivity contribution >= 4 is 0 Å². The highest BCUT2D eigenvalue weighted by Gasteiger charge is 2.04. The minimum Gasteiger partial charge on any atom is -0.487 e. The summed E-state index contributed by atoms with van der Waals surface area (Å²) in [5.74, 6) is 6.25. The molecule has 0 bridgehead atoms. The van der Waals surface area contributed by atoms with Crippen LogP contribution in [0.4, 0.5) is 0 Å². The van der Waals surface area contributed by atoms with E-state index in [1.165, 1.54) is 0 Å². The Balaban J connectivity index is 2.19. The zero-order valence-electron chi connectivity index (χ0n) is 11.0. The van der Waals surface area contributed by atoms with E-state index in [9.17, 15) is 0 Å². The molecule has 2 rings (SSSR count). The molecule has 20 heavy (non-hydrogen) atoms. The molecule has 0 heterocycles. The lowest BCUT2D eigenvalue weighted by Crippen LogP contribution is -1.98. The molecule has 0 aliphatic carbocycles. The molecule has 0 spiro atoms. The maximum Gasteiger partial charge on any atom is 0.138 e. The highest BCUT2D eigenvalue weighted by molar-refractivity contribution is 5.49. The van der Waals surface area contributed by atoms with Crippen molar-refractivity contribution in [1.29, 1.82) is 5.26 Å². The fourth-order valence-electron chi connectivity index (χ4n) is 1.70. The summed E-state index contributed by atoms with van der Waals surface area (Å²) in [4.78, 5) is 0. The summed E-state index contributed by atoms with van der Waals surface area (Å²) in [5, 5.41) is 9.10. The smallest absolute Gasteiger partial charge is 0.138 e. The van der Waals surface area contributed by atoms with Crippen LogP contribution in [0.25, 0.3) is 0 Å². The number of nitrogens with two attached hydrogens (primary N) is 1. The Bertz CT molecular complexity index is 676. The van der Waals surface area contributed by atoms with Gasteiger partial charge in [-0.2, -0.15) is 5.26 Å². The molecule has 2 N–H and O–H groups in total. The van der Waals surface area contributed by atoms with Gasteiger partial charge < -0.3 is 10.5 Å². The Kier molecular flexibility index (Phi) is 4.78. The van der Waals surface area contributed by atoms with E-state index in [1.807, 2.05) is 30.3 Å². The average Bonchev–Trinajstić information content (AvgIpc) is 2.52. The Labute approximate surface area is 118 Å². The topological polar surface area (TPSA) is 59.0 Å². The van der Waals surface area contributed by atoms with Crippen LogP contribution in [0.15, 0.2) is 48.5 Å². The summed E-state index contributed by atoms with van der Waals surface area (Å²) >= 11 is 0. The van der Waals surface area contributed by atoms with Gasteiger partial charge in [0.1, 0.15) is 18.4 Å². The number of hydrogen-bond donors (Lipinski definition) is 1. The summed E-state index contributed by atoms with van der Waals surface area (Å²) in [6.45, 7) is 0.726. The molecule has 2 aromatic rings. The quantitative estimate of drug-likeness (QED) is 0.864. The van der Waals surface area contributed by atoms with Crippen LogP contribution in [0, 0.1) is 23.2 Å². The zero-order valence-corrected chi connectivity index (χ0v) is 11.0. The predicted molar refractivity (Wildman–Crippen MR) is 77.9 cm³/mol. The van der Waals surface area contributed by atoms with Crippen molar-refractivity contribution in [2.45, 2.75) is 6.61 Å². The largest absolute Gasteiger partial charge is 0.487 e. The average molecular weight is 262 g/mol. The molecule has 0 amide bonds. The first-order chi connectivity index (χ1) is 9.83. The summed E-state index contributed by atoms with van der Waals surface area (Å²) in [7, 11) is 0. The van der Waals surface area contributed by atoms with E-state index < -0.39 is 0 Å². The first kappa shape index (κ1) is 13.7. The maximum absolute atomic E-state index is 9.10. The van der Waals surface area contributed by atoms with Crippen molar-refractivity contribution in [2.75, 3.05) is 6.54 Å². The van der Waals surface area contributed by atoms with E-state index in [1.54, 1.807) is 18.2 Å². The van der Waals surface area contributed by atoms with E-state index in [2.05, 4.69) is 17.9 Å². The first-order valence-electron chi connectivity index (χ1n) is 6.23. The van der Waals surface area contributed by atoms with Crippen molar-refractivity contribution in [3.05, 3.63) is 65.2 Å². The second-order valence-electron chi connectivity index (χ2n) is 4.10. The molecule has 0 aliphatic heterocycles. The fraction of sp³-hybridized carbons (Fsp3) is 0.118. The molecule has 0 fully saturated rings. The molecule has 0 aromatic heterocycles. The number of nitriles is 1. The van der Waals surface area contributed by atoms with Crippen LogP contribution in [-0.2, 0) is 6.61 Å². The number of nitrogens with zero attached hydrogens (tertiary/aromatic N) is 1. The lowest BCUT2D eigenvalue weighted by atomic mass is 10.1. The lowest BCUT2D eigenvalue weighted by molar-refractivity contribution is 0.305. The lowest BCUT2D eigenvalue weighted by Gasteiger charge is -2.08. The zero-order chi connectivity index (χ0) is 14.2. The van der Waals surface area contributed by atoms with Crippen LogP contribution in [0.5, 0.6) is 5.75 Å². The Morgan fingerprint density at radius 3 is 2.60 bits per heavy atom. The van der Waals surface area contributed by atoms with Crippen LogP contribution < -0.4 is 10.5 Å². The summed E-state index contributed by atoms with van der Waals surface area (Å²) in [6, 6.07) is 17.2. The van der Waals surface area contributed by atoms with Gasteiger partial charge in [-0.1, -0.05) is 42.2 Å². The van der Waals surface area contributed by atoms with Crippen LogP contribution in [0.1, 0.15) is 16.7 Å². The van der Waals surface area contributed by atoms with Crippen molar-refractivity contribution in [2.24, 2.45) is 5.73 Å². The molecule has 98 valence electrons. The van der Waals surface area contributed by atoms with Crippen molar-refractivity contribution in [1.82, 2.24) is 0 Å². The van der Waals surface area contributed by atoms with Gasteiger partial charge in [0.15, 0.2) is 0 Å². The van der Waals surface area contributed by atoms with E-state index in [4.69, 9.17) is 15.7 Å². The van der Waals surface area contributed by atoms with Crippen molar-refractivity contribution in [3.63, 3.8) is 0 Å². The van der Waals surface area contributed by atoms with E-state index in [0.717, 1.165) is 11.1 Å². The molecule has 0 atom stereocenters. The Morgan fingerprint density at radius 2 is 1.90 bits per heavy atom.